The van der Waals surface area contributed by atoms with Gasteiger partial charge < -0.3 is 10.6 Å². The van der Waals surface area contributed by atoms with Gasteiger partial charge in [-0.15, -0.1) is 0 Å². The largest absolute Gasteiger partial charge is 0.351 e. The molecule has 92 valence electrons. The quantitative estimate of drug-likeness (QED) is 0.810. The summed E-state index contributed by atoms with van der Waals surface area (Å²) in [5, 5.41) is 6.86. The van der Waals surface area contributed by atoms with Crippen molar-refractivity contribution in [1.29, 1.82) is 0 Å². The molecule has 4 heteroatoms. The Kier molecular flexibility index (Phi) is 2.97. The van der Waals surface area contributed by atoms with Crippen LogP contribution in [0.1, 0.15) is 36.2 Å². The zero-order valence-electron chi connectivity index (χ0n) is 10.4. The molecule has 1 aromatic heterocycles. The van der Waals surface area contributed by atoms with Crippen LogP contribution in [0.5, 0.6) is 0 Å². The summed E-state index contributed by atoms with van der Waals surface area (Å²) in [6.07, 6.45) is 5.86. The van der Waals surface area contributed by atoms with E-state index in [-0.39, 0.29) is 0 Å². The van der Waals surface area contributed by atoms with E-state index >= 15 is 0 Å². The van der Waals surface area contributed by atoms with E-state index in [4.69, 9.17) is 0 Å². The third kappa shape index (κ3) is 2.27. The van der Waals surface area contributed by atoms with Gasteiger partial charge in [-0.25, -0.2) is 9.97 Å². The highest BCUT2D eigenvalue weighted by Gasteiger charge is 2.19. The fourth-order valence-corrected chi connectivity index (χ4v) is 2.83. The van der Waals surface area contributed by atoms with Crippen molar-refractivity contribution < 1.29 is 0 Å². The van der Waals surface area contributed by atoms with Crippen molar-refractivity contribution in [1.82, 2.24) is 15.3 Å². The van der Waals surface area contributed by atoms with Crippen molar-refractivity contribution in [3.8, 4) is 0 Å². The van der Waals surface area contributed by atoms with Gasteiger partial charge in [0.1, 0.15) is 0 Å². The molecule has 2 heterocycles. The summed E-state index contributed by atoms with van der Waals surface area (Å²) in [4.78, 5) is 9.26. The molecule has 0 aromatic carbocycles. The first-order valence-electron chi connectivity index (χ1n) is 6.66. The first kappa shape index (κ1) is 11.0. The molecule has 0 atom stereocenters. The average molecular weight is 232 g/mol. The second-order valence-electron chi connectivity index (χ2n) is 5.08. The van der Waals surface area contributed by atoms with Gasteiger partial charge in [-0.3, -0.25) is 0 Å². The molecule has 1 aliphatic carbocycles. The third-order valence-corrected chi connectivity index (χ3v) is 3.81. The number of fused-ring (bicyclic) bond motifs is 1. The van der Waals surface area contributed by atoms with E-state index < -0.39 is 0 Å². The molecule has 0 amide bonds. The highest BCUT2D eigenvalue weighted by atomic mass is 15.1. The van der Waals surface area contributed by atoms with E-state index in [9.17, 15) is 0 Å². The fourth-order valence-electron chi connectivity index (χ4n) is 2.83. The van der Waals surface area contributed by atoms with Crippen LogP contribution in [0.15, 0.2) is 0 Å². The normalized spacial score (nSPS) is 20.3. The van der Waals surface area contributed by atoms with Crippen molar-refractivity contribution in [2.45, 2.75) is 45.1 Å². The fraction of sp³-hybridized carbons (Fsp3) is 0.692. The van der Waals surface area contributed by atoms with Crippen molar-refractivity contribution >= 4 is 5.95 Å². The number of nitrogens with one attached hydrogen (secondary N) is 2. The van der Waals surface area contributed by atoms with Crippen LogP contribution in [0.25, 0.3) is 0 Å². The number of hydrogen-bond acceptors (Lipinski definition) is 4. The maximum Gasteiger partial charge on any atom is 0.223 e. The van der Waals surface area contributed by atoms with Gasteiger partial charge in [-0.1, -0.05) is 0 Å². The summed E-state index contributed by atoms with van der Waals surface area (Å²) < 4.78 is 0. The van der Waals surface area contributed by atoms with Gasteiger partial charge in [-0.2, -0.15) is 0 Å². The van der Waals surface area contributed by atoms with Crippen LogP contribution in [-0.4, -0.2) is 29.1 Å². The molecule has 1 aromatic rings. The molecule has 0 bridgehead atoms. The second kappa shape index (κ2) is 4.61. The van der Waals surface area contributed by atoms with Crippen LogP contribution >= 0.6 is 0 Å². The summed E-state index contributed by atoms with van der Waals surface area (Å²) in [5.41, 5.74) is 3.83. The number of aryl methyl sites for hydroxylation is 2. The Balaban J connectivity index is 1.76. The van der Waals surface area contributed by atoms with Gasteiger partial charge in [0, 0.05) is 17.4 Å². The number of anilines is 1. The highest BCUT2D eigenvalue weighted by Crippen LogP contribution is 2.24. The lowest BCUT2D eigenvalue weighted by Crippen LogP contribution is -2.35. The van der Waals surface area contributed by atoms with Gasteiger partial charge in [-0.05, 0) is 57.7 Å². The molecule has 4 nitrogen and oxygen atoms in total. The van der Waals surface area contributed by atoms with Gasteiger partial charge in [0.2, 0.25) is 5.95 Å². The predicted molar refractivity (Wildman–Crippen MR) is 68.3 cm³/mol. The smallest absolute Gasteiger partial charge is 0.223 e. The molecule has 1 aliphatic heterocycles. The van der Waals surface area contributed by atoms with Crippen molar-refractivity contribution in [2.24, 2.45) is 0 Å². The monoisotopic (exact) mass is 232 g/mol. The molecular formula is C13H20N4. The average Bonchev–Trinajstić information content (AvgIpc) is 2.79. The molecule has 0 unspecified atom stereocenters. The molecule has 1 fully saturated rings. The molecule has 0 saturated carbocycles. The van der Waals surface area contributed by atoms with Gasteiger partial charge in [0.15, 0.2) is 0 Å². The number of rotatable bonds is 2. The highest BCUT2D eigenvalue weighted by molar-refractivity contribution is 5.37. The van der Waals surface area contributed by atoms with Crippen LogP contribution in [0.4, 0.5) is 5.95 Å². The maximum atomic E-state index is 4.67. The molecule has 17 heavy (non-hydrogen) atoms. The number of aromatic nitrogens is 2. The molecule has 0 spiro atoms. The van der Waals surface area contributed by atoms with Crippen LogP contribution < -0.4 is 10.6 Å². The lowest BCUT2D eigenvalue weighted by Gasteiger charge is -2.24. The van der Waals surface area contributed by atoms with E-state index in [0.29, 0.717) is 6.04 Å². The Bertz CT molecular complexity index is 410. The lowest BCUT2D eigenvalue weighted by molar-refractivity contribution is 0.477. The SMILES string of the molecule is Cc1nc(NC2CCNCC2)nc2c1CCC2. The predicted octanol–water partition coefficient (Wildman–Crippen LogP) is 1.44. The topological polar surface area (TPSA) is 49.8 Å². The molecule has 2 N–H and O–H groups in total. The Labute approximate surface area is 102 Å². The molecule has 3 rings (SSSR count). The van der Waals surface area contributed by atoms with Crippen LogP contribution in [0.2, 0.25) is 0 Å². The van der Waals surface area contributed by atoms with Gasteiger partial charge in [0.25, 0.3) is 0 Å². The first-order chi connectivity index (χ1) is 8.33. The second-order valence-corrected chi connectivity index (χ2v) is 5.08. The Hall–Kier alpha value is -1.16. The standard InChI is InChI=1S/C13H20N4/c1-9-11-3-2-4-12(11)17-13(15-9)16-10-5-7-14-8-6-10/h10,14H,2-8H2,1H3,(H,15,16,17). The van der Waals surface area contributed by atoms with Crippen molar-refractivity contribution in [2.75, 3.05) is 18.4 Å². The molecule has 1 saturated heterocycles. The van der Waals surface area contributed by atoms with Gasteiger partial charge >= 0.3 is 0 Å². The summed E-state index contributed by atoms with van der Waals surface area (Å²) >= 11 is 0. The van der Waals surface area contributed by atoms with E-state index in [2.05, 4.69) is 27.5 Å². The van der Waals surface area contributed by atoms with E-state index in [0.717, 1.165) is 31.9 Å². The molecule has 2 aliphatic rings. The molecular weight excluding hydrogens is 212 g/mol. The van der Waals surface area contributed by atoms with Crippen molar-refractivity contribution in [3.05, 3.63) is 17.0 Å². The van der Waals surface area contributed by atoms with E-state index in [1.54, 1.807) is 0 Å². The minimum absolute atomic E-state index is 0.537. The van der Waals surface area contributed by atoms with E-state index in [1.807, 2.05) is 0 Å². The van der Waals surface area contributed by atoms with Crippen LogP contribution in [0, 0.1) is 6.92 Å². The summed E-state index contributed by atoms with van der Waals surface area (Å²) in [6.45, 7) is 4.31. The minimum Gasteiger partial charge on any atom is -0.351 e. The first-order valence-corrected chi connectivity index (χ1v) is 6.66. The zero-order valence-corrected chi connectivity index (χ0v) is 10.4. The van der Waals surface area contributed by atoms with Gasteiger partial charge in [0.05, 0.1) is 0 Å². The Morgan fingerprint density at radius 3 is 2.82 bits per heavy atom. The Morgan fingerprint density at radius 2 is 2.00 bits per heavy atom. The van der Waals surface area contributed by atoms with E-state index in [1.165, 1.54) is 36.2 Å². The van der Waals surface area contributed by atoms with Crippen LogP contribution in [-0.2, 0) is 12.8 Å². The zero-order chi connectivity index (χ0) is 11.7. The minimum atomic E-state index is 0.537. The Morgan fingerprint density at radius 1 is 1.18 bits per heavy atom. The van der Waals surface area contributed by atoms with Crippen LogP contribution in [0.3, 0.4) is 0 Å². The summed E-state index contributed by atoms with van der Waals surface area (Å²) in [5.74, 6) is 0.843. The number of piperidine rings is 1. The summed E-state index contributed by atoms with van der Waals surface area (Å²) in [6, 6.07) is 0.537. The number of nitrogens with zero attached hydrogens (tertiary/aromatic N) is 2. The third-order valence-electron chi connectivity index (χ3n) is 3.81. The maximum absolute atomic E-state index is 4.67. The summed E-state index contributed by atoms with van der Waals surface area (Å²) in [7, 11) is 0. The van der Waals surface area contributed by atoms with Crippen molar-refractivity contribution in [3.63, 3.8) is 0 Å². The molecule has 0 radical (unpaired) electrons. The number of hydrogen-bond donors (Lipinski definition) is 2. The lowest BCUT2D eigenvalue weighted by atomic mass is 10.1.